The minimum absolute atomic E-state index is 0.0642. The van der Waals surface area contributed by atoms with Crippen molar-refractivity contribution < 1.29 is 35.9 Å². The molecule has 2 atom stereocenters. The zero-order chi connectivity index (χ0) is 28.0. The molecule has 0 spiro atoms. The normalized spacial score (nSPS) is 13.4. The van der Waals surface area contributed by atoms with Gasteiger partial charge in [-0.3, -0.25) is 13.9 Å². The first-order chi connectivity index (χ1) is 17.2. The Kier molecular flexibility index (Phi) is 9.96. The van der Waals surface area contributed by atoms with E-state index in [9.17, 15) is 31.2 Å². The summed E-state index contributed by atoms with van der Waals surface area (Å²) in [6.45, 7) is 4.33. The third-order valence-corrected chi connectivity index (χ3v) is 6.94. The van der Waals surface area contributed by atoms with Crippen LogP contribution in [0.1, 0.15) is 38.3 Å². The molecular weight excluding hydrogens is 511 g/mol. The molecule has 0 bridgehead atoms. The molecule has 2 amide bonds. The van der Waals surface area contributed by atoms with Gasteiger partial charge in [0.1, 0.15) is 18.3 Å². The van der Waals surface area contributed by atoms with Gasteiger partial charge in [-0.05, 0) is 56.2 Å². The van der Waals surface area contributed by atoms with Crippen LogP contribution in [0, 0.1) is 0 Å². The van der Waals surface area contributed by atoms with Gasteiger partial charge in [0.05, 0.1) is 24.6 Å². The number of alkyl halides is 3. The van der Waals surface area contributed by atoms with Gasteiger partial charge in [0.15, 0.2) is 0 Å². The maximum absolute atomic E-state index is 13.5. The number of carbonyl (C=O) groups is 2. The number of rotatable bonds is 11. The molecule has 0 saturated carbocycles. The van der Waals surface area contributed by atoms with Gasteiger partial charge in [-0.1, -0.05) is 25.1 Å². The minimum Gasteiger partial charge on any atom is -0.497 e. The Morgan fingerprint density at radius 2 is 1.73 bits per heavy atom. The number of sulfonamides is 1. The van der Waals surface area contributed by atoms with E-state index < -0.39 is 46.2 Å². The van der Waals surface area contributed by atoms with E-state index in [0.717, 1.165) is 18.4 Å². The average Bonchev–Trinajstić information content (AvgIpc) is 2.84. The molecule has 0 aromatic heterocycles. The Hall–Kier alpha value is -3.28. The minimum atomic E-state index is -4.70. The lowest BCUT2D eigenvalue weighted by molar-refractivity contribution is -0.139. The molecule has 2 rings (SSSR count). The Morgan fingerprint density at radius 1 is 1.08 bits per heavy atom. The van der Waals surface area contributed by atoms with Gasteiger partial charge >= 0.3 is 6.18 Å². The highest BCUT2D eigenvalue weighted by Crippen LogP contribution is 2.32. The highest BCUT2D eigenvalue weighted by molar-refractivity contribution is 7.92. The van der Waals surface area contributed by atoms with Gasteiger partial charge in [0.2, 0.25) is 21.8 Å². The fourth-order valence-corrected chi connectivity index (χ4v) is 4.31. The van der Waals surface area contributed by atoms with Crippen molar-refractivity contribution in [2.75, 3.05) is 24.2 Å². The highest BCUT2D eigenvalue weighted by atomic mass is 32.2. The molecule has 0 aliphatic carbocycles. The van der Waals surface area contributed by atoms with Gasteiger partial charge in [0, 0.05) is 12.6 Å². The zero-order valence-corrected chi connectivity index (χ0v) is 22.2. The van der Waals surface area contributed by atoms with E-state index in [4.69, 9.17) is 4.74 Å². The van der Waals surface area contributed by atoms with E-state index in [0.29, 0.717) is 28.1 Å². The van der Waals surface area contributed by atoms with Crippen molar-refractivity contribution in [1.82, 2.24) is 10.2 Å². The van der Waals surface area contributed by atoms with Crippen molar-refractivity contribution in [1.29, 1.82) is 0 Å². The Balaban J connectivity index is 2.46. The molecule has 37 heavy (non-hydrogen) atoms. The highest BCUT2D eigenvalue weighted by Gasteiger charge is 2.33. The number of halogens is 3. The number of methoxy groups -OCH3 is 1. The first kappa shape index (κ1) is 29.9. The Bertz CT molecular complexity index is 1200. The first-order valence-corrected chi connectivity index (χ1v) is 13.4. The number of anilines is 1. The molecule has 0 heterocycles. The molecule has 12 heteroatoms. The molecule has 2 aromatic rings. The summed E-state index contributed by atoms with van der Waals surface area (Å²) in [5.41, 5.74) is -0.759. The molecule has 0 radical (unpaired) electrons. The number of amides is 2. The largest absolute Gasteiger partial charge is 0.497 e. The number of hydrogen-bond donors (Lipinski definition) is 1. The van der Waals surface area contributed by atoms with Crippen LogP contribution in [0.3, 0.4) is 0 Å². The average molecular weight is 544 g/mol. The maximum atomic E-state index is 13.5. The predicted octanol–water partition coefficient (Wildman–Crippen LogP) is 3.81. The number of benzene rings is 2. The molecule has 0 saturated heterocycles. The van der Waals surface area contributed by atoms with Gasteiger partial charge in [-0.2, -0.15) is 13.2 Å². The quantitative estimate of drug-likeness (QED) is 0.465. The number of hydrogen-bond acceptors (Lipinski definition) is 5. The number of carbonyl (C=O) groups excluding carboxylic acids is 2. The fourth-order valence-electron chi connectivity index (χ4n) is 3.47. The van der Waals surface area contributed by atoms with Crippen molar-refractivity contribution >= 4 is 27.5 Å². The first-order valence-electron chi connectivity index (χ1n) is 11.5. The molecular formula is C25H32F3N3O5S. The Morgan fingerprint density at radius 3 is 2.30 bits per heavy atom. The second-order valence-electron chi connectivity index (χ2n) is 8.68. The molecule has 0 aliphatic heterocycles. The predicted molar refractivity (Wildman–Crippen MR) is 135 cm³/mol. The summed E-state index contributed by atoms with van der Waals surface area (Å²) < 4.78 is 70.7. The SMILES string of the molecule is CC[C@H](C)NC(=O)[C@@H](C)N(Cc1cccc(OC)c1)C(=O)CN(c1cccc(C(F)(F)F)c1)S(C)(=O)=O. The van der Waals surface area contributed by atoms with Crippen LogP contribution in [0.25, 0.3) is 0 Å². The van der Waals surface area contributed by atoms with Crippen LogP contribution < -0.4 is 14.4 Å². The number of nitrogens with zero attached hydrogens (tertiary/aromatic N) is 2. The van der Waals surface area contributed by atoms with E-state index in [1.807, 2.05) is 6.92 Å². The zero-order valence-electron chi connectivity index (χ0n) is 21.4. The monoisotopic (exact) mass is 543 g/mol. The summed E-state index contributed by atoms with van der Waals surface area (Å²) >= 11 is 0. The summed E-state index contributed by atoms with van der Waals surface area (Å²) in [5, 5.41) is 2.80. The maximum Gasteiger partial charge on any atom is 0.416 e. The number of ether oxygens (including phenoxy) is 1. The second-order valence-corrected chi connectivity index (χ2v) is 10.6. The Labute approximate surface area is 215 Å². The lowest BCUT2D eigenvalue weighted by Gasteiger charge is -2.32. The van der Waals surface area contributed by atoms with Gasteiger partial charge in [-0.25, -0.2) is 8.42 Å². The summed E-state index contributed by atoms with van der Waals surface area (Å²) in [6, 6.07) is 9.33. The van der Waals surface area contributed by atoms with Crippen LogP contribution >= 0.6 is 0 Å². The van der Waals surface area contributed by atoms with Crippen molar-refractivity contribution in [2.24, 2.45) is 0 Å². The van der Waals surface area contributed by atoms with Crippen LogP contribution in [0.15, 0.2) is 48.5 Å². The smallest absolute Gasteiger partial charge is 0.416 e. The van der Waals surface area contributed by atoms with Crippen molar-refractivity contribution in [3.05, 3.63) is 59.7 Å². The van der Waals surface area contributed by atoms with Crippen LogP contribution in [0.5, 0.6) is 5.75 Å². The second kappa shape index (κ2) is 12.3. The van der Waals surface area contributed by atoms with E-state index >= 15 is 0 Å². The van der Waals surface area contributed by atoms with Gasteiger partial charge in [-0.15, -0.1) is 0 Å². The van der Waals surface area contributed by atoms with E-state index in [-0.39, 0.29) is 18.3 Å². The van der Waals surface area contributed by atoms with Crippen LogP contribution in [-0.4, -0.2) is 57.1 Å². The lowest BCUT2D eigenvalue weighted by Crippen LogP contribution is -2.52. The molecule has 8 nitrogen and oxygen atoms in total. The summed E-state index contributed by atoms with van der Waals surface area (Å²) in [5.74, 6) is -0.698. The topological polar surface area (TPSA) is 96.0 Å². The van der Waals surface area contributed by atoms with Crippen molar-refractivity contribution in [3.63, 3.8) is 0 Å². The number of nitrogens with one attached hydrogen (secondary N) is 1. The standard InChI is InChI=1S/C25H32F3N3O5S/c1-6-17(2)29-24(33)18(3)30(15-19-9-7-12-22(13-19)36-4)23(32)16-31(37(5,34)35)21-11-8-10-20(14-21)25(26,27)28/h7-14,17-18H,6,15-16H2,1-5H3,(H,29,33)/t17-,18+/m0/s1. The molecule has 2 aromatic carbocycles. The van der Waals surface area contributed by atoms with Gasteiger partial charge in [0.25, 0.3) is 0 Å². The molecule has 0 aliphatic rings. The van der Waals surface area contributed by atoms with Crippen LogP contribution in [0.2, 0.25) is 0 Å². The molecule has 0 fully saturated rings. The third kappa shape index (κ3) is 8.38. The summed E-state index contributed by atoms with van der Waals surface area (Å²) in [6.07, 6.45) is -3.25. The summed E-state index contributed by atoms with van der Waals surface area (Å²) in [4.78, 5) is 27.6. The van der Waals surface area contributed by atoms with Crippen molar-refractivity contribution in [3.8, 4) is 5.75 Å². The van der Waals surface area contributed by atoms with E-state index in [1.165, 1.54) is 25.0 Å². The van der Waals surface area contributed by atoms with Crippen LogP contribution in [0.4, 0.5) is 18.9 Å². The van der Waals surface area contributed by atoms with E-state index in [2.05, 4.69) is 5.32 Å². The molecule has 0 unspecified atom stereocenters. The third-order valence-electron chi connectivity index (χ3n) is 5.80. The fraction of sp³-hybridized carbons (Fsp3) is 0.440. The molecule has 204 valence electrons. The molecule has 1 N–H and O–H groups in total. The van der Waals surface area contributed by atoms with Crippen LogP contribution in [-0.2, 0) is 32.3 Å². The lowest BCUT2D eigenvalue weighted by atomic mass is 10.1. The van der Waals surface area contributed by atoms with Crippen molar-refractivity contribution in [2.45, 2.75) is 52.0 Å². The summed E-state index contributed by atoms with van der Waals surface area (Å²) in [7, 11) is -2.69. The van der Waals surface area contributed by atoms with E-state index in [1.54, 1.807) is 31.2 Å². The van der Waals surface area contributed by atoms with Gasteiger partial charge < -0.3 is 15.0 Å².